The Morgan fingerprint density at radius 3 is 2.52 bits per heavy atom. The molecule has 0 unspecified atom stereocenters. The number of pyridine rings is 1. The summed E-state index contributed by atoms with van der Waals surface area (Å²) >= 11 is 0. The van der Waals surface area contributed by atoms with Gasteiger partial charge in [-0.3, -0.25) is 0 Å². The van der Waals surface area contributed by atoms with Crippen molar-refractivity contribution in [3.63, 3.8) is 0 Å². The van der Waals surface area contributed by atoms with Crippen LogP contribution in [-0.4, -0.2) is 19.1 Å². The topological polar surface area (TPSA) is 70.0 Å². The second-order valence-electron chi connectivity index (χ2n) is 4.05. The third kappa shape index (κ3) is 3.00. The number of hydrogen-bond donors (Lipinski definition) is 2. The van der Waals surface area contributed by atoms with Crippen LogP contribution in [0.3, 0.4) is 0 Å². The Balaban J connectivity index is 2.41. The SMILES string of the molecule is CNc1nc(Nc2ccc(C#N)cc2OC)c(F)cc1F. The molecule has 0 saturated carbocycles. The molecular weight excluding hydrogens is 278 g/mol. The van der Waals surface area contributed by atoms with Gasteiger partial charge in [0.15, 0.2) is 23.3 Å². The Kier molecular flexibility index (Phi) is 4.18. The van der Waals surface area contributed by atoms with Gasteiger partial charge in [-0.1, -0.05) is 0 Å². The van der Waals surface area contributed by atoms with Gasteiger partial charge < -0.3 is 15.4 Å². The van der Waals surface area contributed by atoms with E-state index in [1.165, 1.54) is 20.2 Å². The maximum Gasteiger partial charge on any atom is 0.169 e. The Morgan fingerprint density at radius 2 is 1.90 bits per heavy atom. The molecule has 7 heteroatoms. The Labute approximate surface area is 120 Å². The standard InChI is InChI=1S/C14H12F2N4O/c1-18-13-9(15)6-10(16)14(20-13)19-11-4-3-8(7-17)5-12(11)21-2/h3-6H,1-2H3,(H2,18,19,20). The molecule has 108 valence electrons. The first-order valence-corrected chi connectivity index (χ1v) is 5.98. The van der Waals surface area contributed by atoms with Crippen LogP contribution in [0.25, 0.3) is 0 Å². The summed E-state index contributed by atoms with van der Waals surface area (Å²) in [6.07, 6.45) is 0. The lowest BCUT2D eigenvalue weighted by Gasteiger charge is -2.12. The Morgan fingerprint density at radius 1 is 1.19 bits per heavy atom. The van der Waals surface area contributed by atoms with Crippen LogP contribution < -0.4 is 15.4 Å². The number of nitrogens with one attached hydrogen (secondary N) is 2. The fourth-order valence-corrected chi connectivity index (χ4v) is 1.72. The molecule has 0 radical (unpaired) electrons. The van der Waals surface area contributed by atoms with E-state index < -0.39 is 11.6 Å². The smallest absolute Gasteiger partial charge is 0.169 e. The summed E-state index contributed by atoms with van der Waals surface area (Å²) in [6.45, 7) is 0. The van der Waals surface area contributed by atoms with Gasteiger partial charge in [-0.15, -0.1) is 0 Å². The Bertz CT molecular complexity index is 713. The molecule has 0 aliphatic heterocycles. The van der Waals surface area contributed by atoms with Crippen LogP contribution in [0.2, 0.25) is 0 Å². The van der Waals surface area contributed by atoms with Gasteiger partial charge in [-0.05, 0) is 12.1 Å². The van der Waals surface area contributed by atoms with Crippen molar-refractivity contribution in [1.82, 2.24) is 4.98 Å². The molecule has 0 amide bonds. The van der Waals surface area contributed by atoms with E-state index >= 15 is 0 Å². The van der Waals surface area contributed by atoms with Crippen molar-refractivity contribution >= 4 is 17.3 Å². The summed E-state index contributed by atoms with van der Waals surface area (Å²) in [6, 6.07) is 7.31. The lowest BCUT2D eigenvalue weighted by atomic mass is 10.2. The number of anilines is 3. The molecule has 0 spiro atoms. The van der Waals surface area contributed by atoms with Gasteiger partial charge in [0.2, 0.25) is 0 Å². The summed E-state index contributed by atoms with van der Waals surface area (Å²) in [4.78, 5) is 3.81. The highest BCUT2D eigenvalue weighted by molar-refractivity contribution is 5.67. The minimum atomic E-state index is -0.835. The number of hydrogen-bond acceptors (Lipinski definition) is 5. The number of nitrogens with zero attached hydrogens (tertiary/aromatic N) is 2. The van der Waals surface area contributed by atoms with Crippen molar-refractivity contribution in [2.24, 2.45) is 0 Å². The number of methoxy groups -OCH3 is 1. The largest absolute Gasteiger partial charge is 0.495 e. The zero-order chi connectivity index (χ0) is 15.4. The summed E-state index contributed by atoms with van der Waals surface area (Å²) in [5, 5.41) is 14.1. The summed E-state index contributed by atoms with van der Waals surface area (Å²) in [5.41, 5.74) is 0.817. The van der Waals surface area contributed by atoms with Crippen LogP contribution in [0.15, 0.2) is 24.3 Å². The van der Waals surface area contributed by atoms with Crippen molar-refractivity contribution in [3.8, 4) is 11.8 Å². The highest BCUT2D eigenvalue weighted by Gasteiger charge is 2.13. The van der Waals surface area contributed by atoms with Crippen molar-refractivity contribution in [1.29, 1.82) is 5.26 Å². The van der Waals surface area contributed by atoms with Gasteiger partial charge in [0.25, 0.3) is 0 Å². The van der Waals surface area contributed by atoms with E-state index in [-0.39, 0.29) is 11.6 Å². The molecule has 21 heavy (non-hydrogen) atoms. The molecule has 1 aromatic heterocycles. The summed E-state index contributed by atoms with van der Waals surface area (Å²) in [5.74, 6) is -1.49. The summed E-state index contributed by atoms with van der Waals surface area (Å²) in [7, 11) is 2.91. The number of nitriles is 1. The van der Waals surface area contributed by atoms with E-state index in [4.69, 9.17) is 10.00 Å². The minimum Gasteiger partial charge on any atom is -0.495 e. The van der Waals surface area contributed by atoms with Crippen LogP contribution in [-0.2, 0) is 0 Å². The molecule has 0 saturated heterocycles. The first kappa shape index (κ1) is 14.5. The quantitative estimate of drug-likeness (QED) is 0.905. The molecule has 0 bridgehead atoms. The van der Waals surface area contributed by atoms with Crippen LogP contribution in [0.1, 0.15) is 5.56 Å². The average molecular weight is 290 g/mol. The van der Waals surface area contributed by atoms with Gasteiger partial charge in [-0.2, -0.15) is 5.26 Å². The molecule has 0 aliphatic carbocycles. The molecule has 1 heterocycles. The minimum absolute atomic E-state index is 0.0773. The van der Waals surface area contributed by atoms with E-state index in [1.54, 1.807) is 12.1 Å². The number of halogens is 2. The fourth-order valence-electron chi connectivity index (χ4n) is 1.72. The molecule has 1 aromatic carbocycles. The number of benzene rings is 1. The van der Waals surface area contributed by atoms with E-state index in [2.05, 4.69) is 15.6 Å². The lowest BCUT2D eigenvalue weighted by Crippen LogP contribution is -2.04. The zero-order valence-corrected chi connectivity index (χ0v) is 11.4. The van der Waals surface area contributed by atoms with Crippen LogP contribution >= 0.6 is 0 Å². The third-order valence-corrected chi connectivity index (χ3v) is 2.75. The van der Waals surface area contributed by atoms with Crippen molar-refractivity contribution < 1.29 is 13.5 Å². The van der Waals surface area contributed by atoms with E-state index in [0.29, 0.717) is 17.0 Å². The first-order chi connectivity index (χ1) is 10.1. The third-order valence-electron chi connectivity index (χ3n) is 2.75. The average Bonchev–Trinajstić information content (AvgIpc) is 2.50. The van der Waals surface area contributed by atoms with Crippen LogP contribution in [0.5, 0.6) is 5.75 Å². The van der Waals surface area contributed by atoms with Gasteiger partial charge in [-0.25, -0.2) is 13.8 Å². The van der Waals surface area contributed by atoms with Crippen molar-refractivity contribution in [2.45, 2.75) is 0 Å². The Hall–Kier alpha value is -2.88. The van der Waals surface area contributed by atoms with Crippen LogP contribution in [0.4, 0.5) is 26.1 Å². The van der Waals surface area contributed by atoms with Gasteiger partial charge in [0.05, 0.1) is 24.4 Å². The van der Waals surface area contributed by atoms with E-state index in [1.807, 2.05) is 6.07 Å². The van der Waals surface area contributed by atoms with E-state index in [9.17, 15) is 8.78 Å². The summed E-state index contributed by atoms with van der Waals surface area (Å²) < 4.78 is 32.2. The van der Waals surface area contributed by atoms with Crippen molar-refractivity contribution in [3.05, 3.63) is 41.5 Å². The molecular formula is C14H12F2N4O. The first-order valence-electron chi connectivity index (χ1n) is 5.98. The van der Waals surface area contributed by atoms with Gasteiger partial charge >= 0.3 is 0 Å². The monoisotopic (exact) mass is 290 g/mol. The predicted octanol–water partition coefficient (Wildman–Crippen LogP) is 3.03. The zero-order valence-electron chi connectivity index (χ0n) is 11.4. The molecule has 0 fully saturated rings. The highest BCUT2D eigenvalue weighted by atomic mass is 19.1. The molecule has 0 atom stereocenters. The van der Waals surface area contributed by atoms with Gasteiger partial charge in [0.1, 0.15) is 5.75 Å². The molecule has 2 N–H and O–H groups in total. The number of ether oxygens (including phenoxy) is 1. The highest BCUT2D eigenvalue weighted by Crippen LogP contribution is 2.29. The van der Waals surface area contributed by atoms with Gasteiger partial charge in [0, 0.05) is 19.2 Å². The van der Waals surface area contributed by atoms with Crippen molar-refractivity contribution in [2.75, 3.05) is 24.8 Å². The maximum absolute atomic E-state index is 13.7. The molecule has 2 aromatic rings. The van der Waals surface area contributed by atoms with Crippen LogP contribution in [0, 0.1) is 23.0 Å². The molecule has 0 aliphatic rings. The molecule has 2 rings (SSSR count). The second kappa shape index (κ2) is 6.05. The predicted molar refractivity (Wildman–Crippen MR) is 74.7 cm³/mol. The normalized spacial score (nSPS) is 9.86. The number of rotatable bonds is 4. The van der Waals surface area contributed by atoms with E-state index in [0.717, 1.165) is 6.07 Å². The lowest BCUT2D eigenvalue weighted by molar-refractivity contribution is 0.416. The maximum atomic E-state index is 13.7. The molecule has 5 nitrogen and oxygen atoms in total. The second-order valence-corrected chi connectivity index (χ2v) is 4.05. The number of aromatic nitrogens is 1. The fraction of sp³-hybridized carbons (Fsp3) is 0.143.